The summed E-state index contributed by atoms with van der Waals surface area (Å²) in [6.07, 6.45) is 2.51. The predicted octanol–water partition coefficient (Wildman–Crippen LogP) is -0.167. The number of sulfonamides is 1. The molecule has 1 aliphatic carbocycles. The molecule has 1 heterocycles. The number of piperazine rings is 1. The molecule has 1 amide bonds. The average Bonchev–Trinajstić information content (AvgIpc) is 2.61. The zero-order valence-corrected chi connectivity index (χ0v) is 16.4. The van der Waals surface area contributed by atoms with Crippen LogP contribution in [0.3, 0.4) is 0 Å². The van der Waals surface area contributed by atoms with Crippen LogP contribution in [0.15, 0.2) is 0 Å². The summed E-state index contributed by atoms with van der Waals surface area (Å²) < 4.78 is 31.6. The molecule has 8 nitrogen and oxygen atoms in total. The van der Waals surface area contributed by atoms with Crippen molar-refractivity contribution in [2.45, 2.75) is 30.9 Å². The first-order valence-corrected chi connectivity index (χ1v) is 9.89. The Morgan fingerprint density at radius 1 is 1.20 bits per heavy atom. The van der Waals surface area contributed by atoms with Gasteiger partial charge in [0.25, 0.3) is 0 Å². The number of halogens is 1. The van der Waals surface area contributed by atoms with Crippen LogP contribution in [0.25, 0.3) is 0 Å². The molecule has 0 aromatic rings. The largest absolute Gasteiger partial charge is 0.469 e. The van der Waals surface area contributed by atoms with Gasteiger partial charge in [-0.1, -0.05) is 12.8 Å². The maximum Gasteiger partial charge on any atom is 0.310 e. The van der Waals surface area contributed by atoms with Crippen molar-refractivity contribution in [3.8, 4) is 0 Å². The van der Waals surface area contributed by atoms with E-state index in [1.807, 2.05) is 0 Å². The van der Waals surface area contributed by atoms with Crippen molar-refractivity contribution >= 4 is 34.3 Å². The number of hydrogen-bond donors (Lipinski definition) is 1. The Balaban J connectivity index is 0.00000312. The van der Waals surface area contributed by atoms with Gasteiger partial charge in [-0.05, 0) is 12.8 Å². The number of esters is 1. The second kappa shape index (κ2) is 9.70. The first kappa shape index (κ1) is 22.1. The fourth-order valence-corrected chi connectivity index (χ4v) is 5.28. The molecule has 0 aromatic heterocycles. The Morgan fingerprint density at radius 2 is 1.80 bits per heavy atom. The van der Waals surface area contributed by atoms with E-state index in [4.69, 9.17) is 4.74 Å². The van der Waals surface area contributed by atoms with Crippen molar-refractivity contribution < 1.29 is 22.7 Å². The molecule has 0 radical (unpaired) electrons. The van der Waals surface area contributed by atoms with E-state index in [0.29, 0.717) is 25.9 Å². The first-order chi connectivity index (χ1) is 11.4. The third-order valence-corrected chi connectivity index (χ3v) is 7.18. The van der Waals surface area contributed by atoms with Crippen molar-refractivity contribution in [3.63, 3.8) is 0 Å². The standard InChI is InChI=1S/C15H27N3O5S.ClH/c1-17(11-14(19)18-9-7-16-8-10-18)24(21,22)13-6-4-3-5-12(13)15(20)23-2;/h12-13,16H,3-11H2,1-2H3;1H. The quantitative estimate of drug-likeness (QED) is 0.647. The second-order valence-corrected chi connectivity index (χ2v) is 8.64. The van der Waals surface area contributed by atoms with E-state index in [9.17, 15) is 18.0 Å². The minimum atomic E-state index is -3.73. The molecule has 2 atom stereocenters. The normalized spacial score (nSPS) is 24.5. The molecule has 2 unspecified atom stereocenters. The number of amides is 1. The Bertz CT molecular complexity index is 566. The van der Waals surface area contributed by atoms with Crippen molar-refractivity contribution in [1.82, 2.24) is 14.5 Å². The fourth-order valence-electron chi connectivity index (χ4n) is 3.40. The summed E-state index contributed by atoms with van der Waals surface area (Å²) in [5, 5.41) is 2.35. The SMILES string of the molecule is COC(=O)C1CCCCC1S(=O)(=O)N(C)CC(=O)N1CCNCC1.Cl. The van der Waals surface area contributed by atoms with Gasteiger partial charge in [0.1, 0.15) is 0 Å². The van der Waals surface area contributed by atoms with Gasteiger partial charge in [0.05, 0.1) is 24.8 Å². The maximum absolute atomic E-state index is 12.9. The zero-order chi connectivity index (χ0) is 17.7. The van der Waals surface area contributed by atoms with Gasteiger partial charge >= 0.3 is 5.97 Å². The van der Waals surface area contributed by atoms with E-state index in [0.717, 1.165) is 30.2 Å². The molecule has 1 N–H and O–H groups in total. The van der Waals surface area contributed by atoms with E-state index >= 15 is 0 Å². The molecule has 2 aliphatic rings. The Morgan fingerprint density at radius 3 is 2.40 bits per heavy atom. The molecule has 0 spiro atoms. The summed E-state index contributed by atoms with van der Waals surface area (Å²) in [6.45, 7) is 2.42. The zero-order valence-electron chi connectivity index (χ0n) is 14.8. The van der Waals surface area contributed by atoms with E-state index < -0.39 is 27.2 Å². The third kappa shape index (κ3) is 5.29. The molecule has 25 heavy (non-hydrogen) atoms. The number of nitrogens with zero attached hydrogens (tertiary/aromatic N) is 2. The third-order valence-electron chi connectivity index (χ3n) is 4.85. The van der Waals surface area contributed by atoms with Crippen LogP contribution in [-0.4, -0.2) is 81.6 Å². The fraction of sp³-hybridized carbons (Fsp3) is 0.867. The van der Waals surface area contributed by atoms with Crippen LogP contribution >= 0.6 is 12.4 Å². The molecule has 1 aliphatic heterocycles. The number of ether oxygens (including phenoxy) is 1. The summed E-state index contributed by atoms with van der Waals surface area (Å²) in [6, 6.07) is 0. The maximum atomic E-state index is 12.9. The molecular weight excluding hydrogens is 370 g/mol. The molecule has 1 saturated heterocycles. The van der Waals surface area contributed by atoms with Gasteiger partial charge in [-0.3, -0.25) is 9.59 Å². The number of likely N-dealkylation sites (N-methyl/N-ethyl adjacent to an activating group) is 1. The smallest absolute Gasteiger partial charge is 0.310 e. The summed E-state index contributed by atoms with van der Waals surface area (Å²) in [7, 11) is -1.04. The Kier molecular flexibility index (Phi) is 8.59. The average molecular weight is 398 g/mol. The second-order valence-electron chi connectivity index (χ2n) is 6.38. The van der Waals surface area contributed by atoms with Gasteiger partial charge in [-0.15, -0.1) is 12.4 Å². The molecule has 2 rings (SSSR count). The predicted molar refractivity (Wildman–Crippen MR) is 96.0 cm³/mol. The highest BCUT2D eigenvalue weighted by Gasteiger charge is 2.42. The van der Waals surface area contributed by atoms with Gasteiger partial charge in [0, 0.05) is 33.2 Å². The van der Waals surface area contributed by atoms with E-state index in [1.54, 1.807) is 4.90 Å². The topological polar surface area (TPSA) is 96.0 Å². The lowest BCUT2D eigenvalue weighted by Crippen LogP contribution is -2.51. The lowest BCUT2D eigenvalue weighted by Gasteiger charge is -2.33. The first-order valence-electron chi connectivity index (χ1n) is 8.39. The van der Waals surface area contributed by atoms with Crippen LogP contribution in [-0.2, 0) is 24.3 Å². The number of carbonyl (C=O) groups is 2. The Hall–Kier alpha value is -0.900. The molecule has 10 heteroatoms. The summed E-state index contributed by atoms with van der Waals surface area (Å²) in [5.41, 5.74) is 0. The van der Waals surface area contributed by atoms with E-state index in [2.05, 4.69) is 5.32 Å². The monoisotopic (exact) mass is 397 g/mol. The van der Waals surface area contributed by atoms with E-state index in [1.165, 1.54) is 14.2 Å². The minimum Gasteiger partial charge on any atom is -0.469 e. The lowest BCUT2D eigenvalue weighted by molar-refractivity contribution is -0.146. The highest BCUT2D eigenvalue weighted by molar-refractivity contribution is 7.89. The summed E-state index contributed by atoms with van der Waals surface area (Å²) in [5.74, 6) is -1.33. The molecule has 146 valence electrons. The van der Waals surface area contributed by atoms with Gasteiger partial charge in [-0.2, -0.15) is 4.31 Å². The van der Waals surface area contributed by atoms with E-state index in [-0.39, 0.29) is 24.9 Å². The van der Waals surface area contributed by atoms with Gasteiger partial charge in [-0.25, -0.2) is 8.42 Å². The van der Waals surface area contributed by atoms with Gasteiger partial charge < -0.3 is 15.0 Å². The van der Waals surface area contributed by atoms with Crippen molar-refractivity contribution in [2.75, 3.05) is 46.9 Å². The number of hydrogen-bond acceptors (Lipinski definition) is 6. The van der Waals surface area contributed by atoms with Crippen LogP contribution < -0.4 is 5.32 Å². The molecule has 1 saturated carbocycles. The number of nitrogens with one attached hydrogen (secondary N) is 1. The van der Waals surface area contributed by atoms with Crippen LogP contribution in [0.4, 0.5) is 0 Å². The number of methoxy groups -OCH3 is 1. The number of rotatable bonds is 5. The van der Waals surface area contributed by atoms with Gasteiger partial charge in [0.2, 0.25) is 15.9 Å². The van der Waals surface area contributed by atoms with Crippen LogP contribution in [0, 0.1) is 5.92 Å². The van der Waals surface area contributed by atoms with Crippen molar-refractivity contribution in [2.24, 2.45) is 5.92 Å². The van der Waals surface area contributed by atoms with Crippen molar-refractivity contribution in [1.29, 1.82) is 0 Å². The van der Waals surface area contributed by atoms with Crippen LogP contribution in [0.2, 0.25) is 0 Å². The lowest BCUT2D eigenvalue weighted by atomic mass is 9.89. The molecule has 0 aromatic carbocycles. The molecular formula is C15H28ClN3O5S. The molecule has 0 bridgehead atoms. The van der Waals surface area contributed by atoms with Crippen LogP contribution in [0.5, 0.6) is 0 Å². The summed E-state index contributed by atoms with van der Waals surface area (Å²) >= 11 is 0. The molecule has 2 fully saturated rings. The van der Waals surface area contributed by atoms with Crippen LogP contribution in [0.1, 0.15) is 25.7 Å². The Labute approximate surface area is 155 Å². The van der Waals surface area contributed by atoms with Gasteiger partial charge in [0.15, 0.2) is 0 Å². The summed E-state index contributed by atoms with van der Waals surface area (Å²) in [4.78, 5) is 25.9. The van der Waals surface area contributed by atoms with Crippen molar-refractivity contribution in [3.05, 3.63) is 0 Å². The number of carbonyl (C=O) groups excluding carboxylic acids is 2. The highest BCUT2D eigenvalue weighted by atomic mass is 35.5. The highest BCUT2D eigenvalue weighted by Crippen LogP contribution is 2.32. The minimum absolute atomic E-state index is 0.